The number of hydrogen-bond acceptors (Lipinski definition) is 4. The van der Waals surface area contributed by atoms with Crippen molar-refractivity contribution < 1.29 is 9.90 Å². The van der Waals surface area contributed by atoms with Crippen LogP contribution in [0.15, 0.2) is 36.5 Å². The summed E-state index contributed by atoms with van der Waals surface area (Å²) in [7, 11) is 0. The van der Waals surface area contributed by atoms with Gasteiger partial charge in [0, 0.05) is 23.5 Å². The maximum absolute atomic E-state index is 11.5. The molecule has 2 N–H and O–H groups in total. The Morgan fingerprint density at radius 2 is 2.05 bits per heavy atom. The Labute approximate surface area is 134 Å². The summed E-state index contributed by atoms with van der Waals surface area (Å²) in [6.07, 6.45) is 6.96. The van der Waals surface area contributed by atoms with Gasteiger partial charge in [-0.15, -0.1) is 11.3 Å². The zero-order valence-electron chi connectivity index (χ0n) is 12.4. The molecule has 0 spiro atoms. The molecule has 22 heavy (non-hydrogen) atoms. The average Bonchev–Trinajstić information content (AvgIpc) is 3.19. The second-order valence-electron chi connectivity index (χ2n) is 5.71. The number of carboxylic acids is 1. The van der Waals surface area contributed by atoms with E-state index in [0.717, 1.165) is 10.4 Å². The summed E-state index contributed by atoms with van der Waals surface area (Å²) in [5.41, 5.74) is 0.774. The monoisotopic (exact) mass is 316 g/mol. The molecule has 0 bridgehead atoms. The highest BCUT2D eigenvalue weighted by molar-refractivity contribution is 7.11. The maximum atomic E-state index is 11.5. The third-order valence-electron chi connectivity index (χ3n) is 4.14. The molecule has 3 rings (SSSR count). The Morgan fingerprint density at radius 3 is 2.73 bits per heavy atom. The topological polar surface area (TPSA) is 62.2 Å². The fourth-order valence-corrected chi connectivity index (χ4v) is 4.00. The SMILES string of the molecule is O=C(O)[C@H](NCc1cnc(C2CCCC2)s1)c1ccccc1. The van der Waals surface area contributed by atoms with Gasteiger partial charge in [-0.05, 0) is 18.4 Å². The van der Waals surface area contributed by atoms with Crippen molar-refractivity contribution in [2.45, 2.75) is 44.2 Å². The summed E-state index contributed by atoms with van der Waals surface area (Å²) in [6.45, 7) is 0.538. The van der Waals surface area contributed by atoms with E-state index in [1.165, 1.54) is 30.7 Å². The molecule has 0 aliphatic heterocycles. The highest BCUT2D eigenvalue weighted by atomic mass is 32.1. The lowest BCUT2D eigenvalue weighted by Crippen LogP contribution is -2.27. The van der Waals surface area contributed by atoms with E-state index < -0.39 is 12.0 Å². The first-order chi connectivity index (χ1) is 10.7. The Morgan fingerprint density at radius 1 is 1.32 bits per heavy atom. The van der Waals surface area contributed by atoms with Crippen LogP contribution >= 0.6 is 11.3 Å². The first-order valence-corrected chi connectivity index (χ1v) is 8.51. The predicted molar refractivity (Wildman–Crippen MR) is 87.0 cm³/mol. The second kappa shape index (κ2) is 7.03. The Kier molecular flexibility index (Phi) is 4.85. The molecule has 1 fully saturated rings. The van der Waals surface area contributed by atoms with E-state index in [1.54, 1.807) is 11.3 Å². The van der Waals surface area contributed by atoms with E-state index in [-0.39, 0.29) is 0 Å². The quantitative estimate of drug-likeness (QED) is 0.852. The van der Waals surface area contributed by atoms with Crippen molar-refractivity contribution in [3.63, 3.8) is 0 Å². The largest absolute Gasteiger partial charge is 0.480 e. The molecule has 0 amide bonds. The fourth-order valence-electron chi connectivity index (χ4n) is 2.96. The van der Waals surface area contributed by atoms with E-state index >= 15 is 0 Å². The molecular weight excluding hydrogens is 296 g/mol. The minimum absolute atomic E-state index is 0.538. The number of nitrogens with one attached hydrogen (secondary N) is 1. The van der Waals surface area contributed by atoms with Crippen LogP contribution in [-0.4, -0.2) is 16.1 Å². The van der Waals surface area contributed by atoms with Crippen LogP contribution in [0.25, 0.3) is 0 Å². The van der Waals surface area contributed by atoms with Crippen LogP contribution in [0, 0.1) is 0 Å². The zero-order valence-corrected chi connectivity index (χ0v) is 13.2. The third kappa shape index (κ3) is 3.54. The number of carbonyl (C=O) groups is 1. The van der Waals surface area contributed by atoms with Crippen molar-refractivity contribution in [1.29, 1.82) is 0 Å². The highest BCUT2D eigenvalue weighted by Gasteiger charge is 2.22. The van der Waals surface area contributed by atoms with Gasteiger partial charge in [0.05, 0.1) is 5.01 Å². The minimum Gasteiger partial charge on any atom is -0.480 e. The van der Waals surface area contributed by atoms with Gasteiger partial charge in [-0.2, -0.15) is 0 Å². The van der Waals surface area contributed by atoms with Crippen LogP contribution < -0.4 is 5.32 Å². The molecule has 4 nitrogen and oxygen atoms in total. The summed E-state index contributed by atoms with van der Waals surface area (Å²) in [5, 5.41) is 13.7. The lowest BCUT2D eigenvalue weighted by atomic mass is 10.1. The van der Waals surface area contributed by atoms with Crippen LogP contribution in [0.3, 0.4) is 0 Å². The van der Waals surface area contributed by atoms with Gasteiger partial charge >= 0.3 is 5.97 Å². The first-order valence-electron chi connectivity index (χ1n) is 7.70. The van der Waals surface area contributed by atoms with E-state index in [0.29, 0.717) is 12.5 Å². The first kappa shape index (κ1) is 15.2. The summed E-state index contributed by atoms with van der Waals surface area (Å²) in [5.74, 6) is -0.241. The van der Waals surface area contributed by atoms with E-state index in [2.05, 4.69) is 10.3 Å². The van der Waals surface area contributed by atoms with Gasteiger partial charge in [0.15, 0.2) is 0 Å². The molecule has 5 heteroatoms. The van der Waals surface area contributed by atoms with E-state index in [9.17, 15) is 9.90 Å². The molecule has 1 atom stereocenters. The van der Waals surface area contributed by atoms with E-state index in [4.69, 9.17) is 0 Å². The fraction of sp³-hybridized carbons (Fsp3) is 0.412. The summed E-state index contributed by atoms with van der Waals surface area (Å²) >= 11 is 1.71. The molecule has 1 aliphatic carbocycles. The van der Waals surface area contributed by atoms with Gasteiger partial charge < -0.3 is 5.11 Å². The third-order valence-corrected chi connectivity index (χ3v) is 5.30. The van der Waals surface area contributed by atoms with Crippen LogP contribution in [0.1, 0.15) is 53.1 Å². The summed E-state index contributed by atoms with van der Waals surface area (Å²) in [6, 6.07) is 8.60. The van der Waals surface area contributed by atoms with Gasteiger partial charge in [-0.25, -0.2) is 4.98 Å². The number of aliphatic carboxylic acids is 1. The average molecular weight is 316 g/mol. The van der Waals surface area contributed by atoms with Crippen molar-refractivity contribution in [3.8, 4) is 0 Å². The molecule has 1 aromatic heterocycles. The predicted octanol–water partition coefficient (Wildman–Crippen LogP) is 3.72. The van der Waals surface area contributed by atoms with Crippen molar-refractivity contribution in [2.75, 3.05) is 0 Å². The van der Waals surface area contributed by atoms with Gasteiger partial charge in [0.25, 0.3) is 0 Å². The Balaban J connectivity index is 1.64. The highest BCUT2D eigenvalue weighted by Crippen LogP contribution is 2.36. The number of carboxylic acid groups (broad SMARTS) is 1. The van der Waals surface area contributed by atoms with Crippen LogP contribution in [0.5, 0.6) is 0 Å². The molecule has 1 aliphatic rings. The molecule has 1 heterocycles. The zero-order chi connectivity index (χ0) is 15.4. The molecular formula is C17H20N2O2S. The van der Waals surface area contributed by atoms with Crippen molar-refractivity contribution in [3.05, 3.63) is 52.0 Å². The van der Waals surface area contributed by atoms with Crippen molar-refractivity contribution in [2.24, 2.45) is 0 Å². The lowest BCUT2D eigenvalue weighted by Gasteiger charge is -2.13. The van der Waals surface area contributed by atoms with Crippen LogP contribution in [-0.2, 0) is 11.3 Å². The van der Waals surface area contributed by atoms with Gasteiger partial charge in [0.2, 0.25) is 0 Å². The molecule has 116 valence electrons. The van der Waals surface area contributed by atoms with Gasteiger partial charge in [-0.1, -0.05) is 43.2 Å². The minimum atomic E-state index is -0.855. The second-order valence-corrected chi connectivity index (χ2v) is 6.86. The van der Waals surface area contributed by atoms with Gasteiger partial charge in [-0.3, -0.25) is 10.1 Å². The molecule has 0 saturated heterocycles. The normalized spacial score (nSPS) is 16.7. The molecule has 1 saturated carbocycles. The number of thiazole rings is 1. The molecule has 0 radical (unpaired) electrons. The molecule has 1 aromatic carbocycles. The van der Waals surface area contributed by atoms with Crippen LogP contribution in [0.4, 0.5) is 0 Å². The van der Waals surface area contributed by atoms with Crippen molar-refractivity contribution in [1.82, 2.24) is 10.3 Å². The molecule has 2 aromatic rings. The number of rotatable bonds is 6. The summed E-state index contributed by atoms with van der Waals surface area (Å²) in [4.78, 5) is 17.1. The van der Waals surface area contributed by atoms with Gasteiger partial charge in [0.1, 0.15) is 6.04 Å². The lowest BCUT2D eigenvalue weighted by molar-refractivity contribution is -0.139. The number of nitrogens with zero attached hydrogens (tertiary/aromatic N) is 1. The Hall–Kier alpha value is -1.72. The van der Waals surface area contributed by atoms with E-state index in [1.807, 2.05) is 36.5 Å². The maximum Gasteiger partial charge on any atom is 0.325 e. The van der Waals surface area contributed by atoms with Crippen molar-refractivity contribution >= 4 is 17.3 Å². The number of hydrogen-bond donors (Lipinski definition) is 2. The smallest absolute Gasteiger partial charge is 0.325 e. The number of benzene rings is 1. The molecule has 0 unspecified atom stereocenters. The Bertz CT molecular complexity index is 621. The van der Waals surface area contributed by atoms with Crippen LogP contribution in [0.2, 0.25) is 0 Å². The summed E-state index contributed by atoms with van der Waals surface area (Å²) < 4.78 is 0. The standard InChI is InChI=1S/C17H20N2O2S/c20-17(21)15(12-6-2-1-3-7-12)18-10-14-11-19-16(22-14)13-8-4-5-9-13/h1-3,6-7,11,13,15,18H,4-5,8-10H2,(H,20,21)/t15-/m1/s1. The number of aromatic nitrogens is 1.